The Labute approximate surface area is 331 Å². The van der Waals surface area contributed by atoms with Crippen molar-refractivity contribution in [3.8, 4) is 0 Å². The van der Waals surface area contributed by atoms with E-state index in [1.165, 1.54) is 6.92 Å². The second-order valence-corrected chi connectivity index (χ2v) is 21.2. The SMILES string of the molecule is C[C@@H]1O[C@H](O[C@@H]2[C@@H](O[C@@H]3C[C@@]4(C)[C@@H](C[C@H](O)[C@H]5[C@@H]([C@@]6(C)CC[C@@H](C(C)(C)O)O6)CC[C@]54C)[C@]4(C)CC[C@H](O)C(C)(C)[C@H]34)O[C@@H](CO)[C@H](O)[C@H]2O)[C@@H](O)[C@H](O)[C@H]1O. The molecule has 7 fully saturated rings. The van der Waals surface area contributed by atoms with E-state index in [0.29, 0.717) is 25.7 Å². The summed E-state index contributed by atoms with van der Waals surface area (Å²) in [5.41, 5.74) is -3.36. The average molecular weight is 801 g/mol. The first-order chi connectivity index (χ1) is 25.9. The highest BCUT2D eigenvalue weighted by atomic mass is 16.8. The monoisotopic (exact) mass is 800 g/mol. The number of hydrogen-bond acceptors (Lipinski definition) is 14. The number of aliphatic hydroxyl groups is 9. The Morgan fingerprint density at radius 1 is 0.732 bits per heavy atom. The van der Waals surface area contributed by atoms with Crippen molar-refractivity contribution in [2.24, 2.45) is 45.3 Å². The van der Waals surface area contributed by atoms with E-state index < -0.39 is 114 Å². The van der Waals surface area contributed by atoms with Crippen molar-refractivity contribution in [2.45, 2.75) is 211 Å². The van der Waals surface area contributed by atoms with E-state index >= 15 is 0 Å². The van der Waals surface area contributed by atoms with Gasteiger partial charge < -0.3 is 69.6 Å². The molecule has 0 bridgehead atoms. The Morgan fingerprint density at radius 2 is 1.41 bits per heavy atom. The number of fused-ring (bicyclic) bond motifs is 5. The van der Waals surface area contributed by atoms with Crippen LogP contribution in [0.5, 0.6) is 0 Å². The zero-order valence-corrected chi connectivity index (χ0v) is 34.8. The third-order valence-corrected chi connectivity index (χ3v) is 17.3. The van der Waals surface area contributed by atoms with Crippen LogP contribution in [0.15, 0.2) is 0 Å². The summed E-state index contributed by atoms with van der Waals surface area (Å²) in [7, 11) is 0. The minimum absolute atomic E-state index is 0.0557. The van der Waals surface area contributed by atoms with Crippen molar-refractivity contribution < 1.29 is 69.6 Å². The molecule has 324 valence electrons. The quantitative estimate of drug-likeness (QED) is 0.166. The molecule has 4 saturated carbocycles. The molecule has 3 heterocycles. The van der Waals surface area contributed by atoms with Crippen LogP contribution in [0.25, 0.3) is 0 Å². The van der Waals surface area contributed by atoms with Gasteiger partial charge in [-0.15, -0.1) is 0 Å². The Balaban J connectivity index is 1.26. The Kier molecular flexibility index (Phi) is 11.3. The predicted octanol–water partition coefficient (Wildman–Crippen LogP) is 1.36. The molecule has 0 aromatic carbocycles. The fourth-order valence-corrected chi connectivity index (χ4v) is 14.1. The summed E-state index contributed by atoms with van der Waals surface area (Å²) in [6.07, 6.45) is -11.0. The van der Waals surface area contributed by atoms with Gasteiger partial charge in [-0.05, 0) is 124 Å². The molecular weight excluding hydrogens is 728 g/mol. The highest BCUT2D eigenvalue weighted by Crippen LogP contribution is 2.76. The normalized spacial score (nSPS) is 57.3. The zero-order valence-electron chi connectivity index (χ0n) is 34.8. The van der Waals surface area contributed by atoms with Gasteiger partial charge in [0.2, 0.25) is 0 Å². The molecule has 14 nitrogen and oxygen atoms in total. The number of aliphatic hydroxyl groups excluding tert-OH is 8. The van der Waals surface area contributed by atoms with Crippen LogP contribution in [-0.2, 0) is 23.7 Å². The number of rotatable bonds is 7. The number of hydrogen-bond donors (Lipinski definition) is 9. The number of ether oxygens (including phenoxy) is 5. The molecule has 7 rings (SSSR count). The third-order valence-electron chi connectivity index (χ3n) is 17.3. The van der Waals surface area contributed by atoms with Gasteiger partial charge in [0, 0.05) is 0 Å². The van der Waals surface area contributed by atoms with Gasteiger partial charge in [-0.1, -0.05) is 34.6 Å². The van der Waals surface area contributed by atoms with E-state index in [1.807, 2.05) is 0 Å². The maximum absolute atomic E-state index is 12.4. The molecule has 9 N–H and O–H groups in total. The molecule has 56 heavy (non-hydrogen) atoms. The molecule has 7 aliphatic rings. The van der Waals surface area contributed by atoms with Crippen LogP contribution in [0, 0.1) is 45.3 Å². The minimum Gasteiger partial charge on any atom is -0.394 e. The van der Waals surface area contributed by atoms with Gasteiger partial charge in [0.1, 0.15) is 42.7 Å². The summed E-state index contributed by atoms with van der Waals surface area (Å²) in [5, 5.41) is 99.5. The van der Waals surface area contributed by atoms with Crippen LogP contribution in [0.4, 0.5) is 0 Å². The molecule has 0 aromatic heterocycles. The average Bonchev–Trinajstić information content (AvgIpc) is 3.71. The van der Waals surface area contributed by atoms with E-state index in [0.717, 1.165) is 25.7 Å². The molecule has 0 spiro atoms. The summed E-state index contributed by atoms with van der Waals surface area (Å²) >= 11 is 0. The lowest BCUT2D eigenvalue weighted by molar-refractivity contribution is -0.382. The second-order valence-electron chi connectivity index (χ2n) is 21.2. The molecule has 3 saturated heterocycles. The fraction of sp³-hybridized carbons (Fsp3) is 1.00. The minimum atomic E-state index is -1.70. The first-order valence-electron chi connectivity index (χ1n) is 21.2. The van der Waals surface area contributed by atoms with Crippen molar-refractivity contribution in [2.75, 3.05) is 6.61 Å². The Morgan fingerprint density at radius 3 is 2.04 bits per heavy atom. The predicted molar refractivity (Wildman–Crippen MR) is 200 cm³/mol. The van der Waals surface area contributed by atoms with E-state index in [1.54, 1.807) is 13.8 Å². The Hall–Kier alpha value is -0.560. The van der Waals surface area contributed by atoms with Crippen LogP contribution in [0.1, 0.15) is 114 Å². The van der Waals surface area contributed by atoms with Crippen molar-refractivity contribution in [3.63, 3.8) is 0 Å². The summed E-state index contributed by atoms with van der Waals surface area (Å²) in [5.74, 6) is -0.246. The lowest BCUT2D eigenvalue weighted by Gasteiger charge is -2.72. The maximum atomic E-state index is 12.4. The fourth-order valence-electron chi connectivity index (χ4n) is 14.1. The van der Waals surface area contributed by atoms with Crippen LogP contribution in [-0.4, -0.2) is 150 Å². The van der Waals surface area contributed by atoms with E-state index in [2.05, 4.69) is 41.5 Å². The molecule has 22 atom stereocenters. The van der Waals surface area contributed by atoms with Gasteiger partial charge in [-0.3, -0.25) is 0 Å². The van der Waals surface area contributed by atoms with Gasteiger partial charge in [-0.25, -0.2) is 0 Å². The first kappa shape index (κ1) is 43.5. The summed E-state index contributed by atoms with van der Waals surface area (Å²) < 4.78 is 32.0. The van der Waals surface area contributed by atoms with Gasteiger partial charge in [0.05, 0.1) is 48.3 Å². The molecule has 3 aliphatic heterocycles. The van der Waals surface area contributed by atoms with Gasteiger partial charge >= 0.3 is 0 Å². The second kappa shape index (κ2) is 14.5. The van der Waals surface area contributed by atoms with Crippen molar-refractivity contribution in [1.82, 2.24) is 0 Å². The van der Waals surface area contributed by atoms with E-state index in [9.17, 15) is 46.0 Å². The molecule has 0 amide bonds. The molecule has 4 aliphatic carbocycles. The molecule has 14 heteroatoms. The van der Waals surface area contributed by atoms with Crippen molar-refractivity contribution in [1.29, 1.82) is 0 Å². The molecule has 0 unspecified atom stereocenters. The van der Waals surface area contributed by atoms with Gasteiger partial charge in [0.25, 0.3) is 0 Å². The third kappa shape index (κ3) is 6.49. The highest BCUT2D eigenvalue weighted by molar-refractivity contribution is 5.22. The summed E-state index contributed by atoms with van der Waals surface area (Å²) in [4.78, 5) is 0. The highest BCUT2D eigenvalue weighted by Gasteiger charge is 2.74. The van der Waals surface area contributed by atoms with Crippen LogP contribution in [0.2, 0.25) is 0 Å². The summed E-state index contributed by atoms with van der Waals surface area (Å²) in [6.45, 7) is 17.6. The Bertz CT molecular complexity index is 1430. The van der Waals surface area contributed by atoms with E-state index in [-0.39, 0.29) is 35.2 Å². The lowest BCUT2D eigenvalue weighted by atomic mass is 9.34. The lowest BCUT2D eigenvalue weighted by Crippen LogP contribution is -2.71. The zero-order chi connectivity index (χ0) is 41.3. The topological polar surface area (TPSA) is 228 Å². The smallest absolute Gasteiger partial charge is 0.187 e. The molecule has 0 radical (unpaired) electrons. The van der Waals surface area contributed by atoms with E-state index in [4.69, 9.17) is 23.7 Å². The first-order valence-corrected chi connectivity index (χ1v) is 21.2. The standard InChI is InChI=1S/C42H72O14/c1-19-28(46)30(48)32(50)35(52-19)55-33-31(49)29(47)23(18-43)54-36(33)53-22-17-41(8)24(39(6)13-11-25(45)37(2,3)34(22)39)16-21(44)27-20(10-14-40(27,41)7)42(9)15-12-26(56-42)38(4,5)51/h19-36,43-51H,10-18H2,1-9H3/t19-,20-,21-,22+,23-,24-,25-,26-,27+,28-,29-,30+,31+,32-,33-,34-,35+,36-,39-,40+,41-,42+/m0/s1. The van der Waals surface area contributed by atoms with Crippen LogP contribution >= 0.6 is 0 Å². The molecule has 0 aromatic rings. The maximum Gasteiger partial charge on any atom is 0.187 e. The van der Waals surface area contributed by atoms with Crippen molar-refractivity contribution in [3.05, 3.63) is 0 Å². The van der Waals surface area contributed by atoms with Crippen LogP contribution < -0.4 is 0 Å². The van der Waals surface area contributed by atoms with Gasteiger partial charge in [-0.2, -0.15) is 0 Å². The van der Waals surface area contributed by atoms with Gasteiger partial charge in [0.15, 0.2) is 12.6 Å². The van der Waals surface area contributed by atoms with Crippen LogP contribution in [0.3, 0.4) is 0 Å². The molecular formula is C42H72O14. The summed E-state index contributed by atoms with van der Waals surface area (Å²) in [6, 6.07) is 0. The van der Waals surface area contributed by atoms with Crippen molar-refractivity contribution >= 4 is 0 Å². The largest absolute Gasteiger partial charge is 0.394 e.